The first-order valence-corrected chi connectivity index (χ1v) is 10.9. The molecule has 0 saturated carbocycles. The first kappa shape index (κ1) is 20.2. The van der Waals surface area contributed by atoms with E-state index in [4.69, 9.17) is 4.42 Å². The second kappa shape index (κ2) is 9.09. The largest absolute Gasteiger partial charge is 0.468 e. The molecule has 0 aliphatic heterocycles. The van der Waals surface area contributed by atoms with E-state index < -0.39 is 10.0 Å². The Labute approximate surface area is 168 Å². The summed E-state index contributed by atoms with van der Waals surface area (Å²) in [5.41, 5.74) is 0.423. The molecule has 8 heteroatoms. The van der Waals surface area contributed by atoms with Gasteiger partial charge in [-0.1, -0.05) is 24.3 Å². The van der Waals surface area contributed by atoms with Crippen LogP contribution in [-0.2, 0) is 21.4 Å². The van der Waals surface area contributed by atoms with E-state index in [9.17, 15) is 13.2 Å². The van der Waals surface area contributed by atoms with E-state index >= 15 is 0 Å². The molecule has 6 nitrogen and oxygen atoms in total. The first-order chi connectivity index (χ1) is 13.4. The summed E-state index contributed by atoms with van der Waals surface area (Å²) in [4.78, 5) is 13.5. The molecule has 1 atom stereocenters. The third-order valence-corrected chi connectivity index (χ3v) is 6.36. The molecule has 0 spiro atoms. The summed E-state index contributed by atoms with van der Waals surface area (Å²) >= 11 is 1.43. The van der Waals surface area contributed by atoms with Gasteiger partial charge in [0.05, 0.1) is 23.0 Å². The van der Waals surface area contributed by atoms with Crippen LogP contribution in [0, 0.1) is 0 Å². The van der Waals surface area contributed by atoms with Crippen molar-refractivity contribution in [2.24, 2.45) is 0 Å². The minimum Gasteiger partial charge on any atom is -0.468 e. The van der Waals surface area contributed by atoms with Gasteiger partial charge in [0.1, 0.15) is 5.76 Å². The predicted octanol–water partition coefficient (Wildman–Crippen LogP) is 3.88. The van der Waals surface area contributed by atoms with E-state index in [1.165, 1.54) is 30.2 Å². The Morgan fingerprint density at radius 2 is 1.86 bits per heavy atom. The van der Waals surface area contributed by atoms with E-state index in [0.717, 1.165) is 4.90 Å². The van der Waals surface area contributed by atoms with Crippen molar-refractivity contribution in [3.05, 3.63) is 78.8 Å². The molecule has 28 heavy (non-hydrogen) atoms. The second-order valence-electron chi connectivity index (χ2n) is 5.99. The van der Waals surface area contributed by atoms with Gasteiger partial charge in [0.25, 0.3) is 0 Å². The van der Waals surface area contributed by atoms with Crippen LogP contribution in [0.5, 0.6) is 0 Å². The van der Waals surface area contributed by atoms with Crippen molar-refractivity contribution in [2.75, 3.05) is 5.32 Å². The Morgan fingerprint density at radius 1 is 1.07 bits per heavy atom. The topological polar surface area (TPSA) is 88.4 Å². The van der Waals surface area contributed by atoms with Gasteiger partial charge in [0.15, 0.2) is 0 Å². The lowest BCUT2D eigenvalue weighted by Crippen LogP contribution is -2.24. The summed E-state index contributed by atoms with van der Waals surface area (Å²) in [6, 6.07) is 19.1. The highest BCUT2D eigenvalue weighted by Gasteiger charge is 2.18. The molecule has 0 radical (unpaired) electrons. The second-order valence-corrected chi connectivity index (χ2v) is 9.18. The van der Waals surface area contributed by atoms with Gasteiger partial charge < -0.3 is 9.73 Å². The average molecular weight is 417 g/mol. The Kier molecular flexibility index (Phi) is 6.56. The highest BCUT2D eigenvalue weighted by atomic mass is 32.2. The third-order valence-electron chi connectivity index (χ3n) is 3.85. The number of amides is 1. The number of thioether (sulfide) groups is 1. The minimum absolute atomic E-state index is 0.0523. The number of furan rings is 1. The zero-order chi connectivity index (χ0) is 20.0. The van der Waals surface area contributed by atoms with Crippen molar-refractivity contribution >= 4 is 33.4 Å². The summed E-state index contributed by atoms with van der Waals surface area (Å²) in [6.07, 6.45) is 1.48. The van der Waals surface area contributed by atoms with Crippen LogP contribution in [0.2, 0.25) is 0 Å². The minimum atomic E-state index is -3.73. The Hall–Kier alpha value is -2.55. The Balaban J connectivity index is 1.64. The van der Waals surface area contributed by atoms with E-state index in [1.807, 2.05) is 30.3 Å². The normalized spacial score (nSPS) is 12.5. The van der Waals surface area contributed by atoms with E-state index in [-0.39, 0.29) is 22.6 Å². The number of carbonyl (C=O) groups is 1. The van der Waals surface area contributed by atoms with Gasteiger partial charge in [0, 0.05) is 10.6 Å². The fourth-order valence-corrected chi connectivity index (χ4v) is 4.33. The van der Waals surface area contributed by atoms with Crippen molar-refractivity contribution in [3.8, 4) is 0 Å². The molecule has 0 aliphatic rings. The van der Waals surface area contributed by atoms with Crippen molar-refractivity contribution in [1.82, 2.24) is 4.72 Å². The highest BCUT2D eigenvalue weighted by Crippen LogP contribution is 2.24. The van der Waals surface area contributed by atoms with Crippen LogP contribution in [0.3, 0.4) is 0 Å². The summed E-state index contributed by atoms with van der Waals surface area (Å²) in [5.74, 6) is 0.312. The van der Waals surface area contributed by atoms with E-state index in [0.29, 0.717) is 11.4 Å². The molecule has 3 rings (SSSR count). The Bertz CT molecular complexity index is 1020. The smallest absolute Gasteiger partial charge is 0.241 e. The molecule has 1 heterocycles. The lowest BCUT2D eigenvalue weighted by atomic mass is 10.3. The van der Waals surface area contributed by atoms with Crippen LogP contribution in [-0.4, -0.2) is 19.6 Å². The number of carbonyl (C=O) groups excluding carboxylic acids is 1. The van der Waals surface area contributed by atoms with Crippen molar-refractivity contribution < 1.29 is 17.6 Å². The highest BCUT2D eigenvalue weighted by molar-refractivity contribution is 8.00. The van der Waals surface area contributed by atoms with Crippen LogP contribution in [0.1, 0.15) is 12.7 Å². The lowest BCUT2D eigenvalue weighted by molar-refractivity contribution is -0.115. The molecule has 2 aromatic carbocycles. The molecule has 0 bridgehead atoms. The van der Waals surface area contributed by atoms with Crippen molar-refractivity contribution in [1.29, 1.82) is 0 Å². The van der Waals surface area contributed by atoms with Gasteiger partial charge in [0.2, 0.25) is 15.9 Å². The van der Waals surface area contributed by atoms with Gasteiger partial charge >= 0.3 is 0 Å². The van der Waals surface area contributed by atoms with Crippen LogP contribution >= 0.6 is 11.8 Å². The first-order valence-electron chi connectivity index (χ1n) is 8.59. The van der Waals surface area contributed by atoms with Crippen LogP contribution < -0.4 is 10.0 Å². The van der Waals surface area contributed by atoms with Crippen molar-refractivity contribution in [2.45, 2.75) is 28.5 Å². The standard InChI is InChI=1S/C20H20N2O4S2/c1-15(27-18-9-3-2-4-10-18)20(23)22-16-7-5-11-19(13-16)28(24,25)21-14-17-8-6-12-26-17/h2-13,15,21H,14H2,1H3,(H,22,23). The molecule has 3 aromatic rings. The fraction of sp³-hybridized carbons (Fsp3) is 0.150. The monoisotopic (exact) mass is 416 g/mol. The predicted molar refractivity (Wildman–Crippen MR) is 110 cm³/mol. The molecule has 0 saturated heterocycles. The molecule has 1 amide bonds. The average Bonchev–Trinajstić information content (AvgIpc) is 3.21. The molecule has 1 aromatic heterocycles. The molecule has 2 N–H and O–H groups in total. The maximum absolute atomic E-state index is 12.5. The molecule has 0 fully saturated rings. The number of sulfonamides is 1. The van der Waals surface area contributed by atoms with Crippen LogP contribution in [0.4, 0.5) is 5.69 Å². The summed E-state index contributed by atoms with van der Waals surface area (Å²) in [5, 5.41) is 2.44. The zero-order valence-electron chi connectivity index (χ0n) is 15.2. The summed E-state index contributed by atoms with van der Waals surface area (Å²) in [6.45, 7) is 1.86. The number of hydrogen-bond acceptors (Lipinski definition) is 5. The number of anilines is 1. The lowest BCUT2D eigenvalue weighted by Gasteiger charge is -2.13. The van der Waals surface area contributed by atoms with Crippen LogP contribution in [0.15, 0.2) is 87.2 Å². The number of benzene rings is 2. The summed E-state index contributed by atoms with van der Waals surface area (Å²) in [7, 11) is -3.73. The summed E-state index contributed by atoms with van der Waals surface area (Å²) < 4.78 is 32.5. The zero-order valence-corrected chi connectivity index (χ0v) is 16.8. The number of rotatable bonds is 8. The molecule has 146 valence electrons. The van der Waals surface area contributed by atoms with Gasteiger partial charge in [-0.3, -0.25) is 4.79 Å². The number of nitrogens with one attached hydrogen (secondary N) is 2. The Morgan fingerprint density at radius 3 is 2.57 bits per heavy atom. The molecule has 1 unspecified atom stereocenters. The quantitative estimate of drug-likeness (QED) is 0.544. The molecular formula is C20H20N2O4S2. The van der Waals surface area contributed by atoms with Gasteiger partial charge in [-0.2, -0.15) is 0 Å². The van der Waals surface area contributed by atoms with Crippen molar-refractivity contribution in [3.63, 3.8) is 0 Å². The van der Waals surface area contributed by atoms with Crippen LogP contribution in [0.25, 0.3) is 0 Å². The number of hydrogen-bond donors (Lipinski definition) is 2. The maximum atomic E-state index is 12.5. The van der Waals surface area contributed by atoms with E-state index in [2.05, 4.69) is 10.0 Å². The third kappa shape index (κ3) is 5.48. The van der Waals surface area contributed by atoms with Gasteiger partial charge in [-0.15, -0.1) is 11.8 Å². The van der Waals surface area contributed by atoms with Gasteiger partial charge in [-0.05, 0) is 49.4 Å². The van der Waals surface area contributed by atoms with E-state index in [1.54, 1.807) is 31.2 Å². The SMILES string of the molecule is CC(Sc1ccccc1)C(=O)Nc1cccc(S(=O)(=O)NCc2ccco2)c1. The van der Waals surface area contributed by atoms with Gasteiger partial charge in [-0.25, -0.2) is 13.1 Å². The molecular weight excluding hydrogens is 396 g/mol. The maximum Gasteiger partial charge on any atom is 0.241 e. The molecule has 0 aliphatic carbocycles. The fourth-order valence-electron chi connectivity index (χ4n) is 2.40.